The van der Waals surface area contributed by atoms with Gasteiger partial charge in [-0.05, 0) is 64.3 Å². The van der Waals surface area contributed by atoms with Crippen molar-refractivity contribution < 1.29 is 9.90 Å². The number of anilines is 1. The first-order chi connectivity index (χ1) is 9.88. The lowest BCUT2D eigenvalue weighted by atomic mass is 10.0. The molecule has 1 unspecified atom stereocenters. The maximum absolute atomic E-state index is 11.6. The molecule has 0 aliphatic heterocycles. The quantitative estimate of drug-likeness (QED) is 0.746. The van der Waals surface area contributed by atoms with Gasteiger partial charge in [0.2, 0.25) is 0 Å². The summed E-state index contributed by atoms with van der Waals surface area (Å²) in [5.74, 6) is -0.966. The third-order valence-electron chi connectivity index (χ3n) is 3.02. The van der Waals surface area contributed by atoms with Crippen LogP contribution < -0.4 is 5.32 Å². The Labute approximate surface area is 141 Å². The molecule has 2 N–H and O–H groups in total. The predicted octanol–water partition coefficient (Wildman–Crippen LogP) is 5.30. The first-order valence-corrected chi connectivity index (χ1v) is 7.64. The molecule has 0 aliphatic rings. The first-order valence-electron chi connectivity index (χ1n) is 6.09. The summed E-state index contributed by atoms with van der Waals surface area (Å²) in [4.78, 5) is 11.6. The Morgan fingerprint density at radius 3 is 2.52 bits per heavy atom. The molecule has 110 valence electrons. The molecule has 2 rings (SSSR count). The van der Waals surface area contributed by atoms with Crippen LogP contribution in [0.5, 0.6) is 0 Å². The zero-order chi connectivity index (χ0) is 15.6. The van der Waals surface area contributed by atoms with E-state index in [1.165, 1.54) is 0 Å². The number of hydrogen-bond donors (Lipinski definition) is 2. The minimum Gasteiger partial charge on any atom is -0.479 e. The monoisotopic (exact) mass is 387 g/mol. The number of nitrogens with one attached hydrogen (secondary N) is 1. The number of aliphatic carboxylic acids is 1. The van der Waals surface area contributed by atoms with Gasteiger partial charge in [-0.2, -0.15) is 0 Å². The predicted molar refractivity (Wildman–Crippen MR) is 89.3 cm³/mol. The van der Waals surface area contributed by atoms with Crippen LogP contribution in [0.4, 0.5) is 5.69 Å². The molecular formula is C15H12BrCl2NO2. The van der Waals surface area contributed by atoms with Crippen molar-refractivity contribution in [1.29, 1.82) is 0 Å². The molecule has 2 aromatic carbocycles. The number of carboxylic acid groups (broad SMARTS) is 1. The summed E-state index contributed by atoms with van der Waals surface area (Å²) in [6.45, 7) is 1.83. The lowest BCUT2D eigenvalue weighted by Gasteiger charge is -2.18. The Hall–Kier alpha value is -1.23. The van der Waals surface area contributed by atoms with E-state index in [1.54, 1.807) is 36.4 Å². The van der Waals surface area contributed by atoms with Crippen LogP contribution in [-0.4, -0.2) is 11.1 Å². The molecule has 0 heterocycles. The summed E-state index contributed by atoms with van der Waals surface area (Å²) >= 11 is 15.2. The summed E-state index contributed by atoms with van der Waals surface area (Å²) in [6.07, 6.45) is 0. The van der Waals surface area contributed by atoms with Gasteiger partial charge in [0.15, 0.2) is 6.04 Å². The highest BCUT2D eigenvalue weighted by Gasteiger charge is 2.21. The van der Waals surface area contributed by atoms with E-state index in [0.717, 1.165) is 5.56 Å². The minimum absolute atomic E-state index is 0.565. The fourth-order valence-corrected chi connectivity index (χ4v) is 2.71. The molecule has 0 bridgehead atoms. The van der Waals surface area contributed by atoms with E-state index < -0.39 is 12.0 Å². The molecule has 1 atom stereocenters. The molecule has 21 heavy (non-hydrogen) atoms. The molecule has 0 aromatic heterocycles. The second-order valence-corrected chi connectivity index (χ2v) is 6.24. The molecule has 0 radical (unpaired) electrons. The highest BCUT2D eigenvalue weighted by Crippen LogP contribution is 2.29. The van der Waals surface area contributed by atoms with E-state index in [9.17, 15) is 9.90 Å². The van der Waals surface area contributed by atoms with Gasteiger partial charge >= 0.3 is 5.97 Å². The van der Waals surface area contributed by atoms with Crippen LogP contribution in [0.1, 0.15) is 17.2 Å². The number of halogens is 3. The molecular weight excluding hydrogens is 377 g/mol. The molecule has 0 saturated carbocycles. The van der Waals surface area contributed by atoms with Crippen LogP contribution in [0.25, 0.3) is 0 Å². The van der Waals surface area contributed by atoms with E-state index in [1.807, 2.05) is 6.92 Å². The summed E-state index contributed by atoms with van der Waals surface area (Å²) in [7, 11) is 0. The van der Waals surface area contributed by atoms with Crippen LogP contribution in [0, 0.1) is 6.92 Å². The van der Waals surface area contributed by atoms with E-state index in [2.05, 4.69) is 21.2 Å². The van der Waals surface area contributed by atoms with Gasteiger partial charge in [0.05, 0.1) is 5.02 Å². The number of benzene rings is 2. The number of hydrogen-bond acceptors (Lipinski definition) is 2. The molecule has 0 amide bonds. The van der Waals surface area contributed by atoms with Gasteiger partial charge in [0.25, 0.3) is 0 Å². The average molecular weight is 389 g/mol. The summed E-state index contributed by atoms with van der Waals surface area (Å²) in [5.41, 5.74) is 2.14. The number of rotatable bonds is 4. The van der Waals surface area contributed by atoms with Crippen LogP contribution in [0.15, 0.2) is 40.9 Å². The van der Waals surface area contributed by atoms with Gasteiger partial charge in [-0.25, -0.2) is 4.79 Å². The average Bonchev–Trinajstić information content (AvgIpc) is 2.40. The zero-order valence-corrected chi connectivity index (χ0v) is 14.1. The fourth-order valence-electron chi connectivity index (χ4n) is 1.99. The molecule has 0 spiro atoms. The van der Waals surface area contributed by atoms with Gasteiger partial charge in [0.1, 0.15) is 0 Å². The Morgan fingerprint density at radius 1 is 1.24 bits per heavy atom. The second-order valence-electron chi connectivity index (χ2n) is 4.55. The maximum Gasteiger partial charge on any atom is 0.330 e. The van der Waals surface area contributed by atoms with Gasteiger partial charge in [-0.1, -0.05) is 29.3 Å². The van der Waals surface area contributed by atoms with Crippen LogP contribution in [0.3, 0.4) is 0 Å². The van der Waals surface area contributed by atoms with Crippen molar-refractivity contribution in [2.75, 3.05) is 5.32 Å². The third-order valence-corrected chi connectivity index (χ3v) is 4.47. The third kappa shape index (κ3) is 3.90. The summed E-state index contributed by atoms with van der Waals surface area (Å²) in [6, 6.07) is 9.44. The van der Waals surface area contributed by atoms with E-state index in [4.69, 9.17) is 23.2 Å². The number of aryl methyl sites for hydroxylation is 1. The van der Waals surface area contributed by atoms with E-state index >= 15 is 0 Å². The molecule has 0 saturated heterocycles. The smallest absolute Gasteiger partial charge is 0.330 e. The summed E-state index contributed by atoms with van der Waals surface area (Å²) in [5, 5.41) is 13.6. The fraction of sp³-hybridized carbons (Fsp3) is 0.133. The molecule has 3 nitrogen and oxygen atoms in total. The lowest BCUT2D eigenvalue weighted by Crippen LogP contribution is -2.21. The van der Waals surface area contributed by atoms with Crippen molar-refractivity contribution in [2.24, 2.45) is 0 Å². The SMILES string of the molecule is Cc1cc(Cl)ccc1C(Nc1ccc(Cl)c(Br)c1)C(=O)O. The van der Waals surface area contributed by atoms with Crippen LogP contribution in [0.2, 0.25) is 10.0 Å². The van der Waals surface area contributed by atoms with Crippen molar-refractivity contribution in [3.63, 3.8) is 0 Å². The number of carbonyl (C=O) groups is 1. The van der Waals surface area contributed by atoms with E-state index in [0.29, 0.717) is 25.8 Å². The van der Waals surface area contributed by atoms with Crippen LogP contribution >= 0.6 is 39.1 Å². The lowest BCUT2D eigenvalue weighted by molar-refractivity contribution is -0.138. The largest absolute Gasteiger partial charge is 0.479 e. The maximum atomic E-state index is 11.6. The van der Waals surface area contributed by atoms with Gasteiger partial charge in [-0.3, -0.25) is 0 Å². The molecule has 2 aromatic rings. The van der Waals surface area contributed by atoms with Gasteiger partial charge in [-0.15, -0.1) is 0 Å². The Bertz CT molecular complexity index is 691. The van der Waals surface area contributed by atoms with Crippen molar-refractivity contribution >= 4 is 50.8 Å². The Morgan fingerprint density at radius 2 is 1.95 bits per heavy atom. The standard InChI is InChI=1S/C15H12BrCl2NO2/c1-8-6-9(17)2-4-11(8)14(15(20)21)19-10-3-5-13(18)12(16)7-10/h2-7,14,19H,1H3,(H,20,21). The molecule has 0 aliphatic carbocycles. The number of carboxylic acids is 1. The minimum atomic E-state index is -0.966. The van der Waals surface area contributed by atoms with Crippen molar-refractivity contribution in [1.82, 2.24) is 0 Å². The molecule has 0 fully saturated rings. The molecule has 6 heteroatoms. The van der Waals surface area contributed by atoms with Gasteiger partial charge in [0, 0.05) is 15.2 Å². The van der Waals surface area contributed by atoms with E-state index in [-0.39, 0.29) is 0 Å². The highest BCUT2D eigenvalue weighted by molar-refractivity contribution is 9.10. The van der Waals surface area contributed by atoms with Crippen LogP contribution in [-0.2, 0) is 4.79 Å². The first kappa shape index (κ1) is 16.1. The topological polar surface area (TPSA) is 49.3 Å². The van der Waals surface area contributed by atoms with Gasteiger partial charge < -0.3 is 10.4 Å². The zero-order valence-electron chi connectivity index (χ0n) is 11.0. The highest BCUT2D eigenvalue weighted by atomic mass is 79.9. The normalized spacial score (nSPS) is 12.0. The Kier molecular flexibility index (Phi) is 5.14. The van der Waals surface area contributed by atoms with Crippen molar-refractivity contribution in [3.05, 3.63) is 62.0 Å². The van der Waals surface area contributed by atoms with Crippen molar-refractivity contribution in [3.8, 4) is 0 Å². The summed E-state index contributed by atoms with van der Waals surface area (Å²) < 4.78 is 0.700. The van der Waals surface area contributed by atoms with Crippen molar-refractivity contribution in [2.45, 2.75) is 13.0 Å². The Balaban J connectivity index is 2.35. The second kappa shape index (κ2) is 6.69.